The Morgan fingerprint density at radius 3 is 2.67 bits per heavy atom. The van der Waals surface area contributed by atoms with Crippen molar-refractivity contribution in [2.75, 3.05) is 25.1 Å². The van der Waals surface area contributed by atoms with Gasteiger partial charge in [-0.2, -0.15) is 4.98 Å². The van der Waals surface area contributed by atoms with Gasteiger partial charge < -0.3 is 24.0 Å². The van der Waals surface area contributed by atoms with Crippen molar-refractivity contribution in [1.29, 1.82) is 0 Å². The van der Waals surface area contributed by atoms with Gasteiger partial charge in [0.1, 0.15) is 5.75 Å². The van der Waals surface area contributed by atoms with Gasteiger partial charge in [0.15, 0.2) is 0 Å². The number of hydrogen-bond acceptors (Lipinski definition) is 6. The Morgan fingerprint density at radius 2 is 1.97 bits per heavy atom. The zero-order chi connectivity index (χ0) is 23.2. The third-order valence-electron chi connectivity index (χ3n) is 5.89. The van der Waals surface area contributed by atoms with Crippen LogP contribution in [0.2, 0.25) is 0 Å². The molecule has 3 aromatic rings. The number of carbonyl (C=O) groups is 1. The lowest BCUT2D eigenvalue weighted by atomic mass is 9.96. The summed E-state index contributed by atoms with van der Waals surface area (Å²) in [4.78, 5) is 19.3. The number of anilines is 1. The van der Waals surface area contributed by atoms with Crippen molar-refractivity contribution in [2.45, 2.75) is 39.8 Å². The van der Waals surface area contributed by atoms with Gasteiger partial charge in [0.2, 0.25) is 11.7 Å². The van der Waals surface area contributed by atoms with Crippen LogP contribution in [-0.2, 0) is 17.9 Å². The molecule has 1 saturated heterocycles. The van der Waals surface area contributed by atoms with Gasteiger partial charge in [-0.15, -0.1) is 0 Å². The van der Waals surface area contributed by atoms with Crippen LogP contribution in [0.1, 0.15) is 32.3 Å². The minimum absolute atomic E-state index is 0.00186. The first-order valence-electron chi connectivity index (χ1n) is 11.3. The van der Waals surface area contributed by atoms with E-state index < -0.39 is 0 Å². The molecule has 1 aliphatic heterocycles. The molecule has 0 bridgehead atoms. The van der Waals surface area contributed by atoms with E-state index in [-0.39, 0.29) is 11.8 Å². The van der Waals surface area contributed by atoms with E-state index >= 15 is 0 Å². The molecule has 2 aromatic heterocycles. The molecule has 4 rings (SSSR count). The summed E-state index contributed by atoms with van der Waals surface area (Å²) >= 11 is 0. The summed E-state index contributed by atoms with van der Waals surface area (Å²) in [5.41, 5.74) is 3.27. The summed E-state index contributed by atoms with van der Waals surface area (Å²) in [6.45, 7) is 7.01. The minimum atomic E-state index is -0.00186. The summed E-state index contributed by atoms with van der Waals surface area (Å²) in [5.74, 6) is 1.43. The van der Waals surface area contributed by atoms with E-state index in [0.29, 0.717) is 31.5 Å². The first-order valence-corrected chi connectivity index (χ1v) is 11.3. The molecule has 1 aromatic carbocycles. The number of aromatic nitrogens is 3. The highest BCUT2D eigenvalue weighted by molar-refractivity contribution is 5.78. The van der Waals surface area contributed by atoms with E-state index in [1.54, 1.807) is 7.11 Å². The van der Waals surface area contributed by atoms with E-state index in [4.69, 9.17) is 9.26 Å². The molecule has 0 spiro atoms. The van der Waals surface area contributed by atoms with Crippen LogP contribution in [0.4, 0.5) is 6.01 Å². The molecule has 33 heavy (non-hydrogen) atoms. The highest BCUT2D eigenvalue weighted by Gasteiger charge is 2.27. The van der Waals surface area contributed by atoms with E-state index in [2.05, 4.69) is 52.2 Å². The largest absolute Gasteiger partial charge is 0.497 e. The monoisotopic (exact) mass is 449 g/mol. The quantitative estimate of drug-likeness (QED) is 0.523. The predicted octanol–water partition coefficient (Wildman–Crippen LogP) is 4.05. The summed E-state index contributed by atoms with van der Waals surface area (Å²) in [6.07, 6.45) is 7.82. The van der Waals surface area contributed by atoms with Gasteiger partial charge in [-0.05, 0) is 62.6 Å². The fourth-order valence-corrected chi connectivity index (χ4v) is 3.86. The van der Waals surface area contributed by atoms with Crippen LogP contribution in [0.15, 0.2) is 58.9 Å². The van der Waals surface area contributed by atoms with Gasteiger partial charge in [0.05, 0.1) is 7.11 Å². The fourth-order valence-electron chi connectivity index (χ4n) is 3.86. The number of ether oxygens (including phenoxy) is 1. The fraction of sp³-hybridized carbons (Fsp3) is 0.400. The summed E-state index contributed by atoms with van der Waals surface area (Å²) in [6, 6.07) is 10.1. The number of nitrogens with zero attached hydrogens (tertiary/aromatic N) is 4. The number of amides is 1. The highest BCUT2D eigenvalue weighted by Crippen LogP contribution is 2.26. The van der Waals surface area contributed by atoms with Crippen molar-refractivity contribution >= 4 is 11.9 Å². The molecular formula is C25H31N5O3. The van der Waals surface area contributed by atoms with Gasteiger partial charge in [-0.3, -0.25) is 4.79 Å². The van der Waals surface area contributed by atoms with Crippen LogP contribution < -0.4 is 15.0 Å². The molecule has 0 radical (unpaired) electrons. The SMILES string of the molecule is COc1ccc(-c2noc(N3CCC(C(=O)NCc4ccn(CC=C(C)C)c4)CC3)n2)cc1. The van der Waals surface area contributed by atoms with Crippen molar-refractivity contribution in [3.05, 3.63) is 59.9 Å². The van der Waals surface area contributed by atoms with Crippen LogP contribution >= 0.6 is 0 Å². The zero-order valence-corrected chi connectivity index (χ0v) is 19.5. The van der Waals surface area contributed by atoms with Gasteiger partial charge >= 0.3 is 6.01 Å². The maximum atomic E-state index is 12.7. The molecular weight excluding hydrogens is 418 g/mol. The van der Waals surface area contributed by atoms with Crippen molar-refractivity contribution in [3.63, 3.8) is 0 Å². The van der Waals surface area contributed by atoms with Crippen LogP contribution in [0.3, 0.4) is 0 Å². The highest BCUT2D eigenvalue weighted by atomic mass is 16.5. The Hall–Kier alpha value is -3.55. The Morgan fingerprint density at radius 1 is 1.21 bits per heavy atom. The van der Waals surface area contributed by atoms with Crippen molar-refractivity contribution in [3.8, 4) is 17.1 Å². The minimum Gasteiger partial charge on any atom is -0.497 e. The van der Waals surface area contributed by atoms with Crippen molar-refractivity contribution in [1.82, 2.24) is 20.0 Å². The second-order valence-corrected chi connectivity index (χ2v) is 8.61. The van der Waals surface area contributed by atoms with Crippen LogP contribution in [0, 0.1) is 5.92 Å². The third-order valence-corrected chi connectivity index (χ3v) is 5.89. The molecule has 8 heteroatoms. The van der Waals surface area contributed by atoms with Gasteiger partial charge in [-0.25, -0.2) is 0 Å². The number of piperidine rings is 1. The molecule has 1 aliphatic rings. The molecule has 174 valence electrons. The number of rotatable bonds is 8. The Balaban J connectivity index is 1.25. The lowest BCUT2D eigenvalue weighted by molar-refractivity contribution is -0.125. The van der Waals surface area contributed by atoms with Crippen LogP contribution in [0.25, 0.3) is 11.4 Å². The molecule has 0 atom stereocenters. The molecule has 0 aliphatic carbocycles. The van der Waals surface area contributed by atoms with Crippen LogP contribution in [-0.4, -0.2) is 40.8 Å². The van der Waals surface area contributed by atoms with E-state index in [9.17, 15) is 4.79 Å². The normalized spacial score (nSPS) is 14.2. The molecule has 8 nitrogen and oxygen atoms in total. The number of allylic oxidation sites excluding steroid dienone is 2. The first kappa shape index (κ1) is 22.6. The average molecular weight is 450 g/mol. The Labute approximate surface area is 194 Å². The lowest BCUT2D eigenvalue weighted by Gasteiger charge is -2.29. The zero-order valence-electron chi connectivity index (χ0n) is 19.5. The molecule has 3 heterocycles. The predicted molar refractivity (Wildman–Crippen MR) is 127 cm³/mol. The summed E-state index contributed by atoms with van der Waals surface area (Å²) < 4.78 is 12.8. The lowest BCUT2D eigenvalue weighted by Crippen LogP contribution is -2.40. The average Bonchev–Trinajstić information content (AvgIpc) is 3.51. The second kappa shape index (κ2) is 10.4. The number of methoxy groups -OCH3 is 1. The van der Waals surface area contributed by atoms with Gasteiger partial charge in [0.25, 0.3) is 0 Å². The molecule has 1 fully saturated rings. The van der Waals surface area contributed by atoms with Gasteiger partial charge in [0, 0.05) is 50.1 Å². The number of carbonyl (C=O) groups excluding carboxylic acids is 1. The Bertz CT molecular complexity index is 1090. The Kier molecular flexibility index (Phi) is 7.12. The topological polar surface area (TPSA) is 85.4 Å². The van der Waals surface area contributed by atoms with E-state index in [0.717, 1.165) is 36.3 Å². The summed E-state index contributed by atoms with van der Waals surface area (Å²) in [5, 5.41) is 7.19. The van der Waals surface area contributed by atoms with Gasteiger partial charge in [-0.1, -0.05) is 16.8 Å². The van der Waals surface area contributed by atoms with Crippen molar-refractivity contribution in [2.24, 2.45) is 5.92 Å². The van der Waals surface area contributed by atoms with E-state index in [1.165, 1.54) is 5.57 Å². The van der Waals surface area contributed by atoms with Crippen molar-refractivity contribution < 1.29 is 14.1 Å². The molecule has 1 amide bonds. The second-order valence-electron chi connectivity index (χ2n) is 8.61. The smallest absolute Gasteiger partial charge is 0.324 e. The molecule has 0 unspecified atom stereocenters. The van der Waals surface area contributed by atoms with Crippen LogP contribution in [0.5, 0.6) is 5.75 Å². The molecule has 1 N–H and O–H groups in total. The van der Waals surface area contributed by atoms with E-state index in [1.807, 2.05) is 35.4 Å². The number of nitrogens with one attached hydrogen (secondary N) is 1. The summed E-state index contributed by atoms with van der Waals surface area (Å²) in [7, 11) is 1.63. The third kappa shape index (κ3) is 5.83. The first-order chi connectivity index (χ1) is 16.0. The molecule has 0 saturated carbocycles. The number of hydrogen-bond donors (Lipinski definition) is 1. The maximum Gasteiger partial charge on any atom is 0.324 e. The maximum absolute atomic E-state index is 12.7. The number of benzene rings is 1. The standard InChI is InChI=1S/C25H31N5O3/c1-18(2)8-12-29-13-9-19(17-29)16-26-24(31)21-10-14-30(15-11-21)25-27-23(28-33-25)20-4-6-22(32-3)7-5-20/h4-9,13,17,21H,10-12,14-16H2,1-3H3,(H,26,31).